The van der Waals surface area contributed by atoms with Gasteiger partial charge in [-0.3, -0.25) is 4.79 Å². The molecule has 4 aromatic rings. The number of carbonyl (C=O) groups is 1. The lowest BCUT2D eigenvalue weighted by molar-refractivity contribution is 0.102. The fourth-order valence-corrected chi connectivity index (χ4v) is 3.45. The number of anilines is 1. The first-order valence-corrected chi connectivity index (χ1v) is 9.44. The Labute approximate surface area is 169 Å². The van der Waals surface area contributed by atoms with Crippen LogP contribution < -0.4 is 5.32 Å². The molecule has 4 rings (SSSR count). The minimum absolute atomic E-state index is 0.182. The standard InChI is InChI=1S/C24H19ClN2O/c1-15-7-3-4-8-18(15)23-14-20(19-9-5-6-10-21(19)26-23)24(28)27-22-13-17(25)12-11-16(22)2/h3-14H,1-2H3,(H,27,28). The number of para-hydroxylation sites is 1. The molecule has 1 aromatic heterocycles. The molecular weight excluding hydrogens is 368 g/mol. The maximum atomic E-state index is 13.2. The van der Waals surface area contributed by atoms with E-state index in [9.17, 15) is 4.79 Å². The molecule has 0 saturated heterocycles. The Bertz CT molecular complexity index is 1200. The molecule has 0 aliphatic rings. The highest BCUT2D eigenvalue weighted by molar-refractivity contribution is 6.31. The summed E-state index contributed by atoms with van der Waals surface area (Å²) in [6.45, 7) is 3.98. The largest absolute Gasteiger partial charge is 0.322 e. The summed E-state index contributed by atoms with van der Waals surface area (Å²) >= 11 is 6.10. The van der Waals surface area contributed by atoms with Gasteiger partial charge < -0.3 is 5.32 Å². The van der Waals surface area contributed by atoms with Crippen molar-refractivity contribution in [3.8, 4) is 11.3 Å². The number of carbonyl (C=O) groups excluding carboxylic acids is 1. The maximum absolute atomic E-state index is 13.2. The van der Waals surface area contributed by atoms with Gasteiger partial charge >= 0.3 is 0 Å². The Balaban J connectivity index is 1.84. The fourth-order valence-electron chi connectivity index (χ4n) is 3.28. The fraction of sp³-hybridized carbons (Fsp3) is 0.0833. The third-order valence-corrected chi connectivity index (χ3v) is 5.06. The number of aryl methyl sites for hydroxylation is 2. The molecule has 0 aliphatic heterocycles. The summed E-state index contributed by atoms with van der Waals surface area (Å²) in [7, 11) is 0. The summed E-state index contributed by atoms with van der Waals surface area (Å²) in [5.74, 6) is -0.182. The van der Waals surface area contributed by atoms with Gasteiger partial charge in [-0.05, 0) is 49.2 Å². The zero-order chi connectivity index (χ0) is 19.7. The van der Waals surface area contributed by atoms with Gasteiger partial charge in [0.15, 0.2) is 0 Å². The summed E-state index contributed by atoms with van der Waals surface area (Å²) in [5, 5.41) is 4.40. The van der Waals surface area contributed by atoms with Crippen molar-refractivity contribution in [1.29, 1.82) is 0 Å². The normalized spacial score (nSPS) is 10.8. The molecule has 0 saturated carbocycles. The Morgan fingerprint density at radius 3 is 2.46 bits per heavy atom. The topological polar surface area (TPSA) is 42.0 Å². The van der Waals surface area contributed by atoms with Gasteiger partial charge in [0.1, 0.15) is 0 Å². The monoisotopic (exact) mass is 386 g/mol. The van der Waals surface area contributed by atoms with Crippen LogP contribution in [-0.2, 0) is 0 Å². The van der Waals surface area contributed by atoms with E-state index < -0.39 is 0 Å². The molecule has 4 heteroatoms. The van der Waals surface area contributed by atoms with Gasteiger partial charge in [0, 0.05) is 21.7 Å². The first-order chi connectivity index (χ1) is 13.5. The Kier molecular flexibility index (Phi) is 4.84. The van der Waals surface area contributed by atoms with Crippen LogP contribution in [0.25, 0.3) is 22.2 Å². The lowest BCUT2D eigenvalue weighted by Crippen LogP contribution is -2.14. The smallest absolute Gasteiger partial charge is 0.256 e. The molecule has 1 N–H and O–H groups in total. The van der Waals surface area contributed by atoms with E-state index in [1.54, 1.807) is 6.07 Å². The average Bonchev–Trinajstić information content (AvgIpc) is 2.70. The van der Waals surface area contributed by atoms with Crippen LogP contribution in [0.3, 0.4) is 0 Å². The number of nitrogens with one attached hydrogen (secondary N) is 1. The van der Waals surface area contributed by atoms with Crippen LogP contribution in [0.1, 0.15) is 21.5 Å². The summed E-state index contributed by atoms with van der Waals surface area (Å²) in [4.78, 5) is 18.0. The van der Waals surface area contributed by atoms with Gasteiger partial charge in [-0.15, -0.1) is 0 Å². The van der Waals surface area contributed by atoms with Gasteiger partial charge in [0.05, 0.1) is 16.8 Å². The zero-order valence-corrected chi connectivity index (χ0v) is 16.4. The van der Waals surface area contributed by atoms with E-state index in [4.69, 9.17) is 16.6 Å². The predicted octanol–water partition coefficient (Wildman–Crippen LogP) is 6.42. The maximum Gasteiger partial charge on any atom is 0.256 e. The van der Waals surface area contributed by atoms with Crippen molar-refractivity contribution in [1.82, 2.24) is 4.98 Å². The van der Waals surface area contributed by atoms with Crippen molar-refractivity contribution >= 4 is 34.1 Å². The van der Waals surface area contributed by atoms with Gasteiger partial charge in [0.25, 0.3) is 5.91 Å². The Morgan fingerprint density at radius 1 is 0.893 bits per heavy atom. The molecule has 28 heavy (non-hydrogen) atoms. The van der Waals surface area contributed by atoms with Crippen LogP contribution in [0.2, 0.25) is 5.02 Å². The van der Waals surface area contributed by atoms with Crippen LogP contribution >= 0.6 is 11.6 Å². The van der Waals surface area contributed by atoms with Crippen molar-refractivity contribution in [2.75, 3.05) is 5.32 Å². The van der Waals surface area contributed by atoms with Crippen LogP contribution in [0.4, 0.5) is 5.69 Å². The number of benzene rings is 3. The third-order valence-electron chi connectivity index (χ3n) is 4.83. The van der Waals surface area contributed by atoms with Gasteiger partial charge in [-0.1, -0.05) is 60.1 Å². The molecule has 3 nitrogen and oxygen atoms in total. The molecule has 1 amide bonds. The van der Waals surface area contributed by atoms with E-state index in [0.29, 0.717) is 16.3 Å². The van der Waals surface area contributed by atoms with Crippen molar-refractivity contribution in [2.24, 2.45) is 0 Å². The molecule has 0 unspecified atom stereocenters. The molecule has 138 valence electrons. The molecule has 1 heterocycles. The summed E-state index contributed by atoms with van der Waals surface area (Å²) in [6, 6.07) is 23.1. The SMILES string of the molecule is Cc1ccc(Cl)cc1NC(=O)c1cc(-c2ccccc2C)nc2ccccc12. The highest BCUT2D eigenvalue weighted by Crippen LogP contribution is 2.28. The number of hydrogen-bond donors (Lipinski definition) is 1. The average molecular weight is 387 g/mol. The van der Waals surface area contributed by atoms with Crippen molar-refractivity contribution in [2.45, 2.75) is 13.8 Å². The van der Waals surface area contributed by atoms with Crippen molar-refractivity contribution in [3.63, 3.8) is 0 Å². The second-order valence-corrected chi connectivity index (χ2v) is 7.24. The van der Waals surface area contributed by atoms with E-state index >= 15 is 0 Å². The molecule has 0 bridgehead atoms. The molecule has 0 atom stereocenters. The van der Waals surface area contributed by atoms with Crippen LogP contribution in [0.5, 0.6) is 0 Å². The van der Waals surface area contributed by atoms with E-state index in [1.807, 2.05) is 80.6 Å². The highest BCUT2D eigenvalue weighted by atomic mass is 35.5. The van der Waals surface area contributed by atoms with Gasteiger partial charge in [-0.25, -0.2) is 4.98 Å². The van der Waals surface area contributed by atoms with E-state index in [2.05, 4.69) is 5.32 Å². The van der Waals surface area contributed by atoms with Crippen molar-refractivity contribution in [3.05, 3.63) is 94.5 Å². The molecule has 0 aliphatic carbocycles. The van der Waals surface area contributed by atoms with Crippen molar-refractivity contribution < 1.29 is 4.79 Å². The van der Waals surface area contributed by atoms with E-state index in [1.165, 1.54) is 0 Å². The Hall–Kier alpha value is -3.17. The number of fused-ring (bicyclic) bond motifs is 1. The van der Waals surface area contributed by atoms with Crippen LogP contribution in [-0.4, -0.2) is 10.9 Å². The van der Waals surface area contributed by atoms with Crippen LogP contribution in [0.15, 0.2) is 72.8 Å². The summed E-state index contributed by atoms with van der Waals surface area (Å²) < 4.78 is 0. The second kappa shape index (κ2) is 7.45. The summed E-state index contributed by atoms with van der Waals surface area (Å²) in [5.41, 5.74) is 5.94. The minimum atomic E-state index is -0.182. The quantitative estimate of drug-likeness (QED) is 0.441. The first kappa shape index (κ1) is 18.2. The van der Waals surface area contributed by atoms with Gasteiger partial charge in [0.2, 0.25) is 0 Å². The highest BCUT2D eigenvalue weighted by Gasteiger charge is 2.15. The van der Waals surface area contributed by atoms with E-state index in [0.717, 1.165) is 33.3 Å². The number of amides is 1. The number of aromatic nitrogens is 1. The Morgan fingerprint density at radius 2 is 1.64 bits per heavy atom. The molecule has 0 fully saturated rings. The van der Waals surface area contributed by atoms with E-state index in [-0.39, 0.29) is 5.91 Å². The lowest BCUT2D eigenvalue weighted by Gasteiger charge is -2.13. The molecular formula is C24H19ClN2O. The third kappa shape index (κ3) is 3.49. The summed E-state index contributed by atoms with van der Waals surface area (Å²) in [6.07, 6.45) is 0. The first-order valence-electron chi connectivity index (χ1n) is 9.06. The number of halogens is 1. The zero-order valence-electron chi connectivity index (χ0n) is 15.7. The molecule has 0 radical (unpaired) electrons. The van der Waals surface area contributed by atoms with Crippen LogP contribution in [0, 0.1) is 13.8 Å². The second-order valence-electron chi connectivity index (χ2n) is 6.80. The number of hydrogen-bond acceptors (Lipinski definition) is 2. The predicted molar refractivity (Wildman–Crippen MR) is 116 cm³/mol. The number of nitrogens with zero attached hydrogens (tertiary/aromatic N) is 1. The molecule has 3 aromatic carbocycles. The minimum Gasteiger partial charge on any atom is -0.322 e. The number of rotatable bonds is 3. The molecule has 0 spiro atoms. The number of pyridine rings is 1. The lowest BCUT2D eigenvalue weighted by atomic mass is 10.0. The van der Waals surface area contributed by atoms with Gasteiger partial charge in [-0.2, -0.15) is 0 Å².